The van der Waals surface area contributed by atoms with Crippen LogP contribution in [0.3, 0.4) is 0 Å². The third kappa shape index (κ3) is 3.95. The summed E-state index contributed by atoms with van der Waals surface area (Å²) in [6.07, 6.45) is 4.23. The Bertz CT molecular complexity index is 1060. The van der Waals surface area contributed by atoms with Crippen LogP contribution in [0.15, 0.2) is 35.6 Å². The first-order valence-corrected chi connectivity index (χ1v) is 10.9. The molecule has 0 saturated carbocycles. The first-order valence-electron chi connectivity index (χ1n) is 9.25. The van der Waals surface area contributed by atoms with Crippen molar-refractivity contribution in [2.45, 2.75) is 25.0 Å². The zero-order chi connectivity index (χ0) is 20.4. The Hall–Kier alpha value is -2.58. The van der Waals surface area contributed by atoms with Crippen LogP contribution in [-0.4, -0.2) is 45.5 Å². The Morgan fingerprint density at radius 2 is 2.28 bits per heavy atom. The number of anilines is 1. The summed E-state index contributed by atoms with van der Waals surface area (Å²) < 4.78 is 5.21. The molecule has 1 aliphatic heterocycles. The minimum atomic E-state index is -0.414. The molecule has 150 valence electrons. The number of aromatic amines is 1. The first-order chi connectivity index (χ1) is 14.1. The zero-order valence-corrected chi connectivity index (χ0v) is 17.7. The molecule has 4 rings (SSSR count). The lowest BCUT2D eigenvalue weighted by Crippen LogP contribution is -2.32. The van der Waals surface area contributed by atoms with E-state index in [1.54, 1.807) is 13.1 Å². The van der Waals surface area contributed by atoms with Gasteiger partial charge in [0.25, 0.3) is 0 Å². The normalized spacial score (nSPS) is 13.3. The summed E-state index contributed by atoms with van der Waals surface area (Å²) in [6, 6.07) is 7.64. The number of hydrogen-bond acceptors (Lipinski definition) is 7. The molecule has 0 saturated heterocycles. The molecule has 0 radical (unpaired) electrons. The SMILES string of the molecule is CCOC(=O)c1cnc(SC)nc1N1CCc2[nH]nc(-c3cccc(Cl)c3)c2C1. The van der Waals surface area contributed by atoms with E-state index in [0.29, 0.717) is 41.3 Å². The van der Waals surface area contributed by atoms with Crippen molar-refractivity contribution < 1.29 is 9.53 Å². The lowest BCUT2D eigenvalue weighted by Gasteiger charge is -2.29. The van der Waals surface area contributed by atoms with Crippen molar-refractivity contribution in [2.24, 2.45) is 0 Å². The first kappa shape index (κ1) is 19.7. The van der Waals surface area contributed by atoms with Gasteiger partial charge in [-0.1, -0.05) is 35.5 Å². The second kappa shape index (κ2) is 8.42. The number of fused-ring (bicyclic) bond motifs is 1. The fourth-order valence-corrected chi connectivity index (χ4v) is 3.93. The van der Waals surface area contributed by atoms with Crippen molar-refractivity contribution >= 4 is 35.1 Å². The van der Waals surface area contributed by atoms with Crippen LogP contribution in [0.2, 0.25) is 5.02 Å². The number of thioether (sulfide) groups is 1. The molecule has 0 unspecified atom stereocenters. The number of carbonyl (C=O) groups is 1. The van der Waals surface area contributed by atoms with Gasteiger partial charge in [-0.15, -0.1) is 0 Å². The van der Waals surface area contributed by atoms with Crippen LogP contribution >= 0.6 is 23.4 Å². The van der Waals surface area contributed by atoms with E-state index in [9.17, 15) is 4.79 Å². The number of carbonyl (C=O) groups excluding carboxylic acids is 1. The number of nitrogens with one attached hydrogen (secondary N) is 1. The lowest BCUT2D eigenvalue weighted by molar-refractivity contribution is 0.0526. The summed E-state index contributed by atoms with van der Waals surface area (Å²) in [4.78, 5) is 23.4. The van der Waals surface area contributed by atoms with Crippen LogP contribution in [-0.2, 0) is 17.7 Å². The van der Waals surface area contributed by atoms with Crippen LogP contribution in [0, 0.1) is 0 Å². The Kier molecular flexibility index (Phi) is 5.73. The van der Waals surface area contributed by atoms with E-state index in [-0.39, 0.29) is 0 Å². The molecule has 0 atom stereocenters. The standard InChI is InChI=1S/C20H20ClN5O2S/c1-3-28-19(27)14-10-22-20(29-2)23-18(14)26-8-7-16-15(11-26)17(25-24-16)12-5-4-6-13(21)9-12/h4-6,9-10H,3,7-8,11H2,1-2H3,(H,24,25). The number of aromatic nitrogens is 4. The van der Waals surface area contributed by atoms with Gasteiger partial charge in [0.15, 0.2) is 5.16 Å². The molecule has 2 aromatic heterocycles. The van der Waals surface area contributed by atoms with Gasteiger partial charge < -0.3 is 9.64 Å². The highest BCUT2D eigenvalue weighted by molar-refractivity contribution is 7.98. The molecule has 0 bridgehead atoms. The van der Waals surface area contributed by atoms with Gasteiger partial charge >= 0.3 is 5.97 Å². The number of H-pyrrole nitrogens is 1. The van der Waals surface area contributed by atoms with Gasteiger partial charge in [-0.3, -0.25) is 5.10 Å². The third-order valence-corrected chi connectivity index (χ3v) is 5.55. The molecule has 9 heteroatoms. The minimum Gasteiger partial charge on any atom is -0.462 e. The molecule has 29 heavy (non-hydrogen) atoms. The van der Waals surface area contributed by atoms with Crippen molar-refractivity contribution in [3.63, 3.8) is 0 Å². The molecule has 3 aromatic rings. The molecular weight excluding hydrogens is 410 g/mol. The quantitative estimate of drug-likeness (QED) is 0.373. The van der Waals surface area contributed by atoms with Crippen molar-refractivity contribution in [1.82, 2.24) is 20.2 Å². The predicted molar refractivity (Wildman–Crippen MR) is 114 cm³/mol. The van der Waals surface area contributed by atoms with Crippen LogP contribution in [0.25, 0.3) is 11.3 Å². The summed E-state index contributed by atoms with van der Waals surface area (Å²) in [6.45, 7) is 3.37. The molecule has 1 N–H and O–H groups in total. The fraction of sp³-hybridized carbons (Fsp3) is 0.300. The van der Waals surface area contributed by atoms with Crippen LogP contribution in [0.5, 0.6) is 0 Å². The monoisotopic (exact) mass is 429 g/mol. The predicted octanol–water partition coefficient (Wildman–Crippen LogP) is 3.98. The van der Waals surface area contributed by atoms with E-state index in [4.69, 9.17) is 16.3 Å². The number of nitrogens with zero attached hydrogens (tertiary/aromatic N) is 4. The van der Waals surface area contributed by atoms with Crippen molar-refractivity contribution in [3.05, 3.63) is 52.3 Å². The maximum Gasteiger partial charge on any atom is 0.343 e. The van der Waals surface area contributed by atoms with Gasteiger partial charge in [0, 0.05) is 47.6 Å². The summed E-state index contributed by atoms with van der Waals surface area (Å²) in [7, 11) is 0. The van der Waals surface area contributed by atoms with Gasteiger partial charge in [-0.25, -0.2) is 14.8 Å². The largest absolute Gasteiger partial charge is 0.462 e. The Balaban J connectivity index is 1.72. The molecule has 0 spiro atoms. The summed E-state index contributed by atoms with van der Waals surface area (Å²) in [5.41, 5.74) is 4.37. The molecule has 0 aliphatic carbocycles. The van der Waals surface area contributed by atoms with Crippen molar-refractivity contribution in [1.29, 1.82) is 0 Å². The molecule has 0 fully saturated rings. The highest BCUT2D eigenvalue weighted by atomic mass is 35.5. The number of benzene rings is 1. The maximum absolute atomic E-state index is 12.5. The summed E-state index contributed by atoms with van der Waals surface area (Å²) >= 11 is 7.60. The van der Waals surface area contributed by atoms with Gasteiger partial charge in [0.2, 0.25) is 0 Å². The van der Waals surface area contributed by atoms with E-state index < -0.39 is 5.97 Å². The maximum atomic E-state index is 12.5. The summed E-state index contributed by atoms with van der Waals surface area (Å²) in [5.74, 6) is 0.176. The second-order valence-corrected chi connectivity index (χ2v) is 7.74. The third-order valence-electron chi connectivity index (χ3n) is 4.76. The van der Waals surface area contributed by atoms with Crippen LogP contribution < -0.4 is 4.90 Å². The minimum absolute atomic E-state index is 0.299. The number of ether oxygens (including phenoxy) is 1. The van der Waals surface area contributed by atoms with Crippen molar-refractivity contribution in [2.75, 3.05) is 24.3 Å². The fourth-order valence-electron chi connectivity index (χ4n) is 3.40. The zero-order valence-electron chi connectivity index (χ0n) is 16.1. The van der Waals surface area contributed by atoms with E-state index >= 15 is 0 Å². The molecule has 1 aromatic carbocycles. The Morgan fingerprint density at radius 3 is 3.03 bits per heavy atom. The molecule has 1 aliphatic rings. The van der Waals surface area contributed by atoms with E-state index in [1.165, 1.54) is 11.8 Å². The smallest absolute Gasteiger partial charge is 0.343 e. The highest BCUT2D eigenvalue weighted by Gasteiger charge is 2.27. The van der Waals surface area contributed by atoms with Crippen LogP contribution in [0.1, 0.15) is 28.5 Å². The number of halogens is 1. The highest BCUT2D eigenvalue weighted by Crippen LogP contribution is 2.32. The topological polar surface area (TPSA) is 84.0 Å². The average molecular weight is 430 g/mol. The second-order valence-electron chi connectivity index (χ2n) is 6.53. The molecule has 7 nitrogen and oxygen atoms in total. The lowest BCUT2D eigenvalue weighted by atomic mass is 10.0. The van der Waals surface area contributed by atoms with Crippen LogP contribution in [0.4, 0.5) is 5.82 Å². The van der Waals surface area contributed by atoms with Gasteiger partial charge in [0.1, 0.15) is 11.4 Å². The number of esters is 1. The molecular formula is C20H20ClN5O2S. The summed E-state index contributed by atoms with van der Waals surface area (Å²) in [5, 5.41) is 8.94. The average Bonchev–Trinajstić information content (AvgIpc) is 3.16. The molecule has 0 amide bonds. The Morgan fingerprint density at radius 1 is 1.41 bits per heavy atom. The van der Waals surface area contributed by atoms with Gasteiger partial charge in [0.05, 0.1) is 12.3 Å². The van der Waals surface area contributed by atoms with Crippen molar-refractivity contribution in [3.8, 4) is 11.3 Å². The van der Waals surface area contributed by atoms with Gasteiger partial charge in [-0.2, -0.15) is 5.10 Å². The van der Waals surface area contributed by atoms with E-state index in [2.05, 4.69) is 25.1 Å². The molecule has 3 heterocycles. The number of rotatable bonds is 5. The Labute approximate surface area is 177 Å². The van der Waals surface area contributed by atoms with Gasteiger partial charge in [-0.05, 0) is 25.3 Å². The van der Waals surface area contributed by atoms with E-state index in [1.807, 2.05) is 30.5 Å². The van der Waals surface area contributed by atoms with E-state index in [0.717, 1.165) is 28.9 Å². The number of hydrogen-bond donors (Lipinski definition) is 1.